The third-order valence-electron chi connectivity index (χ3n) is 2.52. The molecule has 0 saturated heterocycles. The molecule has 2 rings (SSSR count). The fourth-order valence-corrected chi connectivity index (χ4v) is 1.73. The van der Waals surface area contributed by atoms with Gasteiger partial charge in [-0.15, -0.1) is 0 Å². The molecule has 1 saturated carbocycles. The summed E-state index contributed by atoms with van der Waals surface area (Å²) in [6.45, 7) is 0.228. The first-order chi connectivity index (χ1) is 6.42. The first kappa shape index (κ1) is 8.70. The van der Waals surface area contributed by atoms with Gasteiger partial charge in [-0.3, -0.25) is 0 Å². The second-order valence-electron chi connectivity index (χ2n) is 3.50. The molecule has 1 aromatic carbocycles. The van der Waals surface area contributed by atoms with Crippen LogP contribution < -0.4 is 5.32 Å². The van der Waals surface area contributed by atoms with Gasteiger partial charge in [0.15, 0.2) is 0 Å². The molecule has 13 heavy (non-hydrogen) atoms. The van der Waals surface area contributed by atoms with Crippen LogP contribution in [-0.2, 0) is 0 Å². The highest BCUT2D eigenvalue weighted by Gasteiger charge is 2.37. The zero-order valence-corrected chi connectivity index (χ0v) is 7.54. The lowest BCUT2D eigenvalue weighted by molar-refractivity contribution is 0.464. The molecular formula is C11H14FN. The van der Waals surface area contributed by atoms with Gasteiger partial charge in [0, 0.05) is 18.5 Å². The summed E-state index contributed by atoms with van der Waals surface area (Å²) in [6.07, 6.45) is 1.16. The highest BCUT2D eigenvalue weighted by Crippen LogP contribution is 2.40. The van der Waals surface area contributed by atoms with Crippen LogP contribution in [0.4, 0.5) is 4.39 Å². The summed E-state index contributed by atoms with van der Waals surface area (Å²) in [5.41, 5.74) is 1.37. The fraction of sp³-hybridized carbons (Fsp3) is 0.455. The van der Waals surface area contributed by atoms with Crippen LogP contribution in [0.5, 0.6) is 0 Å². The van der Waals surface area contributed by atoms with E-state index in [1.807, 2.05) is 6.07 Å². The van der Waals surface area contributed by atoms with Gasteiger partial charge in [0.2, 0.25) is 0 Å². The quantitative estimate of drug-likeness (QED) is 0.746. The molecule has 1 nitrogen and oxygen atoms in total. The van der Waals surface area contributed by atoms with Crippen LogP contribution >= 0.6 is 0 Å². The van der Waals surface area contributed by atoms with E-state index >= 15 is 0 Å². The van der Waals surface area contributed by atoms with E-state index in [9.17, 15) is 4.39 Å². The number of rotatable bonds is 4. The molecule has 1 N–H and O–H groups in total. The molecule has 1 aliphatic rings. The number of benzene rings is 1. The minimum absolute atomic E-state index is 0.266. The van der Waals surface area contributed by atoms with E-state index < -0.39 is 0 Å². The van der Waals surface area contributed by atoms with Crippen LogP contribution in [0.2, 0.25) is 0 Å². The van der Waals surface area contributed by atoms with Crippen LogP contribution in [0.3, 0.4) is 0 Å². The Kier molecular flexibility index (Phi) is 2.60. The highest BCUT2D eigenvalue weighted by atomic mass is 19.1. The Morgan fingerprint density at radius 3 is 2.77 bits per heavy atom. The maximum Gasteiger partial charge on any atom is 0.102 e. The molecule has 1 aliphatic carbocycles. The summed E-state index contributed by atoms with van der Waals surface area (Å²) in [5, 5.41) is 3.18. The average molecular weight is 179 g/mol. The summed E-state index contributed by atoms with van der Waals surface area (Å²) in [5.74, 6) is 0.618. The van der Waals surface area contributed by atoms with Crippen LogP contribution in [0.1, 0.15) is 17.9 Å². The molecule has 70 valence electrons. The van der Waals surface area contributed by atoms with Crippen LogP contribution in [0.25, 0.3) is 0 Å². The summed E-state index contributed by atoms with van der Waals surface area (Å²) in [4.78, 5) is 0. The molecule has 2 heteroatoms. The highest BCUT2D eigenvalue weighted by molar-refractivity contribution is 5.27. The van der Waals surface area contributed by atoms with E-state index in [2.05, 4.69) is 29.6 Å². The monoisotopic (exact) mass is 179 g/mol. The second kappa shape index (κ2) is 3.88. The van der Waals surface area contributed by atoms with Crippen molar-refractivity contribution in [3.63, 3.8) is 0 Å². The lowest BCUT2D eigenvalue weighted by Crippen LogP contribution is -2.20. The molecule has 1 fully saturated rings. The minimum atomic E-state index is -0.266. The van der Waals surface area contributed by atoms with E-state index in [4.69, 9.17) is 0 Å². The summed E-state index contributed by atoms with van der Waals surface area (Å²) < 4.78 is 11.8. The Hall–Kier alpha value is -0.890. The SMILES string of the molecule is FCCNC1CC1c1ccccc1. The zero-order chi connectivity index (χ0) is 9.10. The molecule has 0 spiro atoms. The van der Waals surface area contributed by atoms with E-state index in [1.54, 1.807) is 0 Å². The number of hydrogen-bond acceptors (Lipinski definition) is 1. The topological polar surface area (TPSA) is 12.0 Å². The van der Waals surface area contributed by atoms with Gasteiger partial charge in [-0.05, 0) is 12.0 Å². The van der Waals surface area contributed by atoms with Crippen molar-refractivity contribution in [2.24, 2.45) is 0 Å². The van der Waals surface area contributed by atoms with Gasteiger partial charge in [-0.25, -0.2) is 4.39 Å². The lowest BCUT2D eigenvalue weighted by Gasteiger charge is -2.00. The molecule has 0 radical (unpaired) electrons. The molecule has 0 amide bonds. The van der Waals surface area contributed by atoms with Crippen molar-refractivity contribution in [2.45, 2.75) is 18.4 Å². The standard InChI is InChI=1S/C11H14FN/c12-6-7-13-11-8-10(11)9-4-2-1-3-5-9/h1-5,10-11,13H,6-8H2. The van der Waals surface area contributed by atoms with Crippen molar-refractivity contribution < 1.29 is 4.39 Å². The van der Waals surface area contributed by atoms with Crippen molar-refractivity contribution in [1.29, 1.82) is 0 Å². The lowest BCUT2D eigenvalue weighted by atomic mass is 10.1. The predicted octanol–water partition coefficient (Wildman–Crippen LogP) is 2.10. The predicted molar refractivity (Wildman–Crippen MR) is 51.6 cm³/mol. The second-order valence-corrected chi connectivity index (χ2v) is 3.50. The molecule has 0 heterocycles. The van der Waals surface area contributed by atoms with Gasteiger partial charge in [0.05, 0.1) is 0 Å². The molecule has 0 aliphatic heterocycles. The van der Waals surface area contributed by atoms with Crippen molar-refractivity contribution in [2.75, 3.05) is 13.2 Å². The van der Waals surface area contributed by atoms with Crippen LogP contribution in [0, 0.1) is 0 Å². The number of nitrogens with one attached hydrogen (secondary N) is 1. The maximum atomic E-state index is 11.8. The Bertz CT molecular complexity index is 260. The smallest absolute Gasteiger partial charge is 0.102 e. The molecule has 0 aromatic heterocycles. The largest absolute Gasteiger partial charge is 0.311 e. The fourth-order valence-electron chi connectivity index (χ4n) is 1.73. The van der Waals surface area contributed by atoms with Crippen molar-refractivity contribution in [3.8, 4) is 0 Å². The third-order valence-corrected chi connectivity index (χ3v) is 2.52. The van der Waals surface area contributed by atoms with Gasteiger partial charge in [0.25, 0.3) is 0 Å². The molecule has 1 aromatic rings. The number of hydrogen-bond donors (Lipinski definition) is 1. The van der Waals surface area contributed by atoms with Gasteiger partial charge in [-0.2, -0.15) is 0 Å². The third kappa shape index (κ3) is 2.07. The summed E-state index contributed by atoms with van der Waals surface area (Å²) >= 11 is 0. The van der Waals surface area contributed by atoms with E-state index in [-0.39, 0.29) is 6.67 Å². The first-order valence-electron chi connectivity index (χ1n) is 4.76. The van der Waals surface area contributed by atoms with E-state index in [0.29, 0.717) is 18.5 Å². The van der Waals surface area contributed by atoms with Gasteiger partial charge >= 0.3 is 0 Å². The number of alkyl halides is 1. The maximum absolute atomic E-state index is 11.8. The molecule has 2 unspecified atom stereocenters. The Labute approximate surface area is 78.0 Å². The summed E-state index contributed by atoms with van der Waals surface area (Å²) in [6, 6.07) is 10.9. The van der Waals surface area contributed by atoms with E-state index in [1.165, 1.54) is 5.56 Å². The summed E-state index contributed by atoms with van der Waals surface area (Å²) in [7, 11) is 0. The first-order valence-corrected chi connectivity index (χ1v) is 4.76. The minimum Gasteiger partial charge on any atom is -0.311 e. The van der Waals surface area contributed by atoms with Gasteiger partial charge in [-0.1, -0.05) is 30.3 Å². The van der Waals surface area contributed by atoms with Crippen LogP contribution in [0.15, 0.2) is 30.3 Å². The Morgan fingerprint density at radius 2 is 2.08 bits per heavy atom. The van der Waals surface area contributed by atoms with E-state index in [0.717, 1.165) is 6.42 Å². The Balaban J connectivity index is 1.86. The average Bonchev–Trinajstić information content (AvgIpc) is 2.95. The molecule has 2 atom stereocenters. The molecule has 0 bridgehead atoms. The molecular weight excluding hydrogens is 165 g/mol. The Morgan fingerprint density at radius 1 is 1.31 bits per heavy atom. The normalized spacial score (nSPS) is 25.9. The van der Waals surface area contributed by atoms with Crippen molar-refractivity contribution in [3.05, 3.63) is 35.9 Å². The van der Waals surface area contributed by atoms with Gasteiger partial charge < -0.3 is 5.32 Å². The van der Waals surface area contributed by atoms with Crippen molar-refractivity contribution >= 4 is 0 Å². The zero-order valence-electron chi connectivity index (χ0n) is 7.54. The van der Waals surface area contributed by atoms with Crippen molar-refractivity contribution in [1.82, 2.24) is 5.32 Å². The van der Waals surface area contributed by atoms with Crippen LogP contribution in [-0.4, -0.2) is 19.3 Å². The number of halogens is 1. The van der Waals surface area contributed by atoms with Gasteiger partial charge in [0.1, 0.15) is 6.67 Å².